The standard InChI is InChI=1S/C3H6O4S.2Na/c4-3(5)1-2-8(6)7;;/h1-2H2,(H,4,5)(H,6,7);;/q;2*+1/p-2. The van der Waals surface area contributed by atoms with Crippen LogP contribution in [0.5, 0.6) is 0 Å². The third-order valence-electron chi connectivity index (χ3n) is 0.473. The van der Waals surface area contributed by atoms with Crippen LogP contribution in [0.15, 0.2) is 0 Å². The van der Waals surface area contributed by atoms with Gasteiger partial charge in [0.05, 0.1) is 0 Å². The molecule has 0 N–H and O–H groups in total. The zero-order chi connectivity index (χ0) is 6.57. The van der Waals surface area contributed by atoms with E-state index < -0.39 is 23.5 Å². The summed E-state index contributed by atoms with van der Waals surface area (Å²) in [7, 11) is 0. The minimum atomic E-state index is -2.26. The van der Waals surface area contributed by atoms with Gasteiger partial charge < -0.3 is 14.5 Å². The van der Waals surface area contributed by atoms with Gasteiger partial charge >= 0.3 is 59.1 Å². The van der Waals surface area contributed by atoms with Crippen LogP contribution in [0.25, 0.3) is 0 Å². The number of carboxylic acid groups (broad SMARTS) is 1. The molecule has 0 saturated heterocycles. The SMILES string of the molecule is O=C([O-])CCS(=O)[O-].[Na+].[Na+]. The molecule has 7 heteroatoms. The van der Waals surface area contributed by atoms with Gasteiger partial charge in [-0.2, -0.15) is 0 Å². The van der Waals surface area contributed by atoms with E-state index >= 15 is 0 Å². The van der Waals surface area contributed by atoms with Crippen molar-refractivity contribution in [3.63, 3.8) is 0 Å². The maximum Gasteiger partial charge on any atom is 1.00 e. The molecule has 0 aliphatic rings. The first-order valence-corrected chi connectivity index (χ1v) is 3.13. The van der Waals surface area contributed by atoms with Gasteiger partial charge in [0.15, 0.2) is 0 Å². The van der Waals surface area contributed by atoms with Crippen LogP contribution >= 0.6 is 0 Å². The van der Waals surface area contributed by atoms with Crippen LogP contribution in [0.4, 0.5) is 0 Å². The van der Waals surface area contributed by atoms with Crippen LogP contribution in [0, 0.1) is 0 Å². The average Bonchev–Trinajstić information content (AvgIpc) is 1.61. The molecule has 0 fully saturated rings. The summed E-state index contributed by atoms with van der Waals surface area (Å²) in [5.74, 6) is -1.70. The molecule has 0 heterocycles. The second-order valence-electron chi connectivity index (χ2n) is 1.13. The summed E-state index contributed by atoms with van der Waals surface area (Å²) in [4.78, 5) is 9.52. The van der Waals surface area contributed by atoms with E-state index in [1.54, 1.807) is 0 Å². The molecule has 0 rings (SSSR count). The smallest absolute Gasteiger partial charge is 0.772 e. The van der Waals surface area contributed by atoms with Crippen LogP contribution < -0.4 is 64.2 Å². The van der Waals surface area contributed by atoms with Crippen molar-refractivity contribution >= 4 is 17.0 Å². The number of carboxylic acids is 1. The van der Waals surface area contributed by atoms with E-state index in [0.717, 1.165) is 0 Å². The number of carbonyl (C=O) groups excluding carboxylic acids is 1. The van der Waals surface area contributed by atoms with Crippen molar-refractivity contribution in [1.82, 2.24) is 0 Å². The summed E-state index contributed by atoms with van der Waals surface area (Å²) in [6.07, 6.45) is -0.421. The Bertz CT molecular complexity index is 103. The topological polar surface area (TPSA) is 80.3 Å². The normalized spacial score (nSPS) is 10.5. The number of carbonyl (C=O) groups is 1. The van der Waals surface area contributed by atoms with E-state index in [2.05, 4.69) is 0 Å². The van der Waals surface area contributed by atoms with E-state index in [0.29, 0.717) is 0 Å². The molecule has 10 heavy (non-hydrogen) atoms. The maximum atomic E-state index is 9.61. The van der Waals surface area contributed by atoms with Gasteiger partial charge in [0.25, 0.3) is 0 Å². The molecule has 0 aromatic heterocycles. The molecule has 0 aromatic carbocycles. The molecule has 48 valence electrons. The van der Waals surface area contributed by atoms with Crippen molar-refractivity contribution in [2.24, 2.45) is 0 Å². The van der Waals surface area contributed by atoms with Gasteiger partial charge in [-0.1, -0.05) is 11.1 Å². The third kappa shape index (κ3) is 16.3. The molecule has 1 atom stereocenters. The Morgan fingerprint density at radius 1 is 1.40 bits per heavy atom. The molecule has 0 aromatic rings. The summed E-state index contributed by atoms with van der Waals surface area (Å²) >= 11 is -2.26. The van der Waals surface area contributed by atoms with E-state index in [1.807, 2.05) is 0 Å². The first-order valence-electron chi connectivity index (χ1n) is 1.88. The number of hydrogen-bond donors (Lipinski definition) is 0. The van der Waals surface area contributed by atoms with Gasteiger partial charge in [-0.3, -0.25) is 4.21 Å². The monoisotopic (exact) mass is 182 g/mol. The Kier molecular flexibility index (Phi) is 18.6. The molecule has 0 amide bonds. The molecule has 1 unspecified atom stereocenters. The van der Waals surface area contributed by atoms with Gasteiger partial charge in [-0.25, -0.2) is 0 Å². The second kappa shape index (κ2) is 10.6. The van der Waals surface area contributed by atoms with Crippen LogP contribution in [-0.4, -0.2) is 20.5 Å². The maximum absolute atomic E-state index is 9.61. The predicted molar refractivity (Wildman–Crippen MR) is 23.4 cm³/mol. The fourth-order valence-corrected chi connectivity index (χ4v) is 0.500. The van der Waals surface area contributed by atoms with Crippen molar-refractivity contribution in [3.05, 3.63) is 0 Å². The first-order chi connectivity index (χ1) is 3.63. The molecule has 4 nitrogen and oxygen atoms in total. The Morgan fingerprint density at radius 3 is 1.90 bits per heavy atom. The fraction of sp³-hybridized carbons (Fsp3) is 0.667. The number of aliphatic carboxylic acids is 1. The predicted octanol–water partition coefficient (Wildman–Crippen LogP) is -7.99. The van der Waals surface area contributed by atoms with Crippen LogP contribution in [0.2, 0.25) is 0 Å². The molecule has 0 saturated carbocycles. The van der Waals surface area contributed by atoms with Crippen molar-refractivity contribution in [2.45, 2.75) is 6.42 Å². The van der Waals surface area contributed by atoms with Crippen LogP contribution in [0.1, 0.15) is 6.42 Å². The summed E-state index contributed by atoms with van der Waals surface area (Å²) in [6, 6.07) is 0. The first kappa shape index (κ1) is 17.6. The third-order valence-corrected chi connectivity index (χ3v) is 1.01. The van der Waals surface area contributed by atoms with Crippen LogP contribution in [-0.2, 0) is 15.9 Å². The molecule has 0 spiro atoms. The Morgan fingerprint density at radius 2 is 1.80 bits per heavy atom. The molecule has 0 aliphatic carbocycles. The fourth-order valence-electron chi connectivity index (χ4n) is 0.167. The van der Waals surface area contributed by atoms with Gasteiger partial charge in [-0.15, -0.1) is 0 Å². The Labute approximate surface area is 106 Å². The minimum absolute atomic E-state index is 0. The van der Waals surface area contributed by atoms with E-state index in [4.69, 9.17) is 0 Å². The quantitative estimate of drug-likeness (QED) is 0.320. The second-order valence-corrected chi connectivity index (χ2v) is 2.15. The average molecular weight is 182 g/mol. The molecular weight excluding hydrogens is 178 g/mol. The summed E-state index contributed by atoms with van der Waals surface area (Å²) < 4.78 is 19.2. The molecule has 0 radical (unpaired) electrons. The summed E-state index contributed by atoms with van der Waals surface area (Å²) in [5.41, 5.74) is 0. The van der Waals surface area contributed by atoms with Crippen LogP contribution in [0.3, 0.4) is 0 Å². The van der Waals surface area contributed by atoms with E-state index in [9.17, 15) is 18.7 Å². The van der Waals surface area contributed by atoms with Gasteiger partial charge in [0.2, 0.25) is 0 Å². The van der Waals surface area contributed by atoms with E-state index in [-0.39, 0.29) is 64.9 Å². The van der Waals surface area contributed by atoms with Gasteiger partial charge in [-0.05, 0) is 6.42 Å². The van der Waals surface area contributed by atoms with E-state index in [1.165, 1.54) is 0 Å². The van der Waals surface area contributed by atoms with Gasteiger partial charge in [0, 0.05) is 11.7 Å². The van der Waals surface area contributed by atoms with Crippen molar-refractivity contribution in [2.75, 3.05) is 5.75 Å². The summed E-state index contributed by atoms with van der Waals surface area (Å²) in [6.45, 7) is 0. The number of hydrogen-bond acceptors (Lipinski definition) is 4. The Balaban J connectivity index is -0.000000245. The van der Waals surface area contributed by atoms with Crippen molar-refractivity contribution in [3.8, 4) is 0 Å². The Hall–Kier alpha value is 1.58. The zero-order valence-corrected chi connectivity index (χ0v) is 10.8. The van der Waals surface area contributed by atoms with Crippen molar-refractivity contribution < 1.29 is 77.8 Å². The van der Waals surface area contributed by atoms with Gasteiger partial charge in [0.1, 0.15) is 0 Å². The zero-order valence-electron chi connectivity index (χ0n) is 5.96. The molecular formula is C3H4Na2O4S. The minimum Gasteiger partial charge on any atom is -0.772 e. The summed E-state index contributed by atoms with van der Waals surface area (Å²) in [5, 5.41) is 9.52. The largest absolute Gasteiger partial charge is 1.00 e. The number of rotatable bonds is 3. The van der Waals surface area contributed by atoms with Crippen molar-refractivity contribution in [1.29, 1.82) is 0 Å². The molecule has 0 aliphatic heterocycles. The molecule has 0 bridgehead atoms.